The van der Waals surface area contributed by atoms with E-state index in [1.54, 1.807) is 12.1 Å². The topological polar surface area (TPSA) is 64.4 Å². The van der Waals surface area contributed by atoms with Crippen molar-refractivity contribution in [2.75, 3.05) is 19.8 Å². The zero-order chi connectivity index (χ0) is 13.7. The van der Waals surface area contributed by atoms with Gasteiger partial charge >= 0.3 is 0 Å². The number of benzene rings is 1. The fraction of sp³-hybridized carbons (Fsp3) is 0.538. The summed E-state index contributed by atoms with van der Waals surface area (Å²) in [5.74, 6) is 0.538. The Balaban J connectivity index is 1.85. The maximum absolute atomic E-state index is 10.8. The first-order chi connectivity index (χ1) is 9.16. The van der Waals surface area contributed by atoms with Gasteiger partial charge in [0.05, 0.1) is 11.5 Å². The Hall–Kier alpha value is -1.17. The highest BCUT2D eigenvalue weighted by Gasteiger charge is 2.14. The molecular weight excluding hydrogens is 268 g/mol. The van der Waals surface area contributed by atoms with Gasteiger partial charge < -0.3 is 10.1 Å². The lowest BCUT2D eigenvalue weighted by Crippen LogP contribution is -2.28. The Morgan fingerprint density at radius 1 is 1.53 bits per heavy atom. The predicted octanol–water partition coefficient (Wildman–Crippen LogP) is 2.76. The minimum Gasteiger partial charge on any atom is -0.381 e. The van der Waals surface area contributed by atoms with E-state index in [4.69, 9.17) is 16.3 Å². The molecule has 104 valence electrons. The summed E-state index contributed by atoms with van der Waals surface area (Å²) >= 11 is 5.77. The normalized spacial score (nSPS) is 19.3. The second kappa shape index (κ2) is 6.84. The van der Waals surface area contributed by atoms with Gasteiger partial charge in [-0.05, 0) is 30.4 Å². The van der Waals surface area contributed by atoms with Crippen molar-refractivity contribution in [1.82, 2.24) is 5.32 Å². The largest absolute Gasteiger partial charge is 0.381 e. The number of nitro groups is 1. The highest BCUT2D eigenvalue weighted by atomic mass is 35.5. The summed E-state index contributed by atoms with van der Waals surface area (Å²) in [7, 11) is 0. The predicted molar refractivity (Wildman–Crippen MR) is 73.4 cm³/mol. The van der Waals surface area contributed by atoms with Gasteiger partial charge in [-0.2, -0.15) is 0 Å². The van der Waals surface area contributed by atoms with Crippen LogP contribution in [-0.4, -0.2) is 24.7 Å². The number of hydrogen-bond acceptors (Lipinski definition) is 4. The molecule has 1 aliphatic heterocycles. The van der Waals surface area contributed by atoms with Crippen molar-refractivity contribution in [3.63, 3.8) is 0 Å². The second-order valence-corrected chi connectivity index (χ2v) is 5.16. The van der Waals surface area contributed by atoms with Crippen molar-refractivity contribution in [3.05, 3.63) is 38.9 Å². The molecule has 0 saturated carbocycles. The summed E-state index contributed by atoms with van der Waals surface area (Å²) < 4.78 is 5.40. The van der Waals surface area contributed by atoms with Crippen LogP contribution in [-0.2, 0) is 11.3 Å². The first kappa shape index (κ1) is 14.2. The molecule has 1 aliphatic rings. The van der Waals surface area contributed by atoms with Gasteiger partial charge in [0.1, 0.15) is 5.02 Å². The molecule has 1 saturated heterocycles. The summed E-state index contributed by atoms with van der Waals surface area (Å²) in [5, 5.41) is 14.3. The first-order valence-corrected chi connectivity index (χ1v) is 6.76. The molecule has 1 aromatic carbocycles. The zero-order valence-corrected chi connectivity index (χ0v) is 11.4. The van der Waals surface area contributed by atoms with Crippen LogP contribution in [0.15, 0.2) is 18.2 Å². The lowest BCUT2D eigenvalue weighted by Gasteiger charge is -2.22. The molecule has 5 nitrogen and oxygen atoms in total. The van der Waals surface area contributed by atoms with Crippen LogP contribution in [0.5, 0.6) is 0 Å². The van der Waals surface area contributed by atoms with E-state index in [2.05, 4.69) is 5.32 Å². The van der Waals surface area contributed by atoms with E-state index in [1.165, 1.54) is 12.5 Å². The quantitative estimate of drug-likeness (QED) is 0.667. The Labute approximate surface area is 117 Å². The lowest BCUT2D eigenvalue weighted by molar-refractivity contribution is -0.384. The number of nitrogens with one attached hydrogen (secondary N) is 1. The van der Waals surface area contributed by atoms with E-state index < -0.39 is 4.92 Å². The summed E-state index contributed by atoms with van der Waals surface area (Å²) in [6.07, 6.45) is 2.28. The summed E-state index contributed by atoms with van der Waals surface area (Å²) in [6, 6.07) is 4.90. The maximum Gasteiger partial charge on any atom is 0.288 e. The van der Waals surface area contributed by atoms with E-state index in [-0.39, 0.29) is 10.7 Å². The Bertz CT molecular complexity index is 448. The van der Waals surface area contributed by atoms with Crippen molar-refractivity contribution < 1.29 is 9.66 Å². The minimum atomic E-state index is -0.458. The molecule has 0 radical (unpaired) electrons. The number of nitrogens with zero attached hydrogens (tertiary/aromatic N) is 1. The number of halogens is 1. The second-order valence-electron chi connectivity index (χ2n) is 4.76. The van der Waals surface area contributed by atoms with E-state index in [0.29, 0.717) is 12.5 Å². The van der Waals surface area contributed by atoms with Crippen molar-refractivity contribution in [2.24, 2.45) is 5.92 Å². The van der Waals surface area contributed by atoms with Crippen molar-refractivity contribution in [2.45, 2.75) is 19.4 Å². The van der Waals surface area contributed by atoms with Gasteiger partial charge in [-0.1, -0.05) is 17.7 Å². The Morgan fingerprint density at radius 2 is 2.37 bits per heavy atom. The van der Waals surface area contributed by atoms with Crippen LogP contribution >= 0.6 is 11.6 Å². The third kappa shape index (κ3) is 4.16. The van der Waals surface area contributed by atoms with E-state index in [9.17, 15) is 10.1 Å². The molecule has 0 aromatic heterocycles. The van der Waals surface area contributed by atoms with Crippen molar-refractivity contribution >= 4 is 17.3 Å². The lowest BCUT2D eigenvalue weighted by atomic mass is 10.0. The van der Waals surface area contributed by atoms with Gasteiger partial charge in [0, 0.05) is 25.8 Å². The van der Waals surface area contributed by atoms with Crippen LogP contribution in [0.25, 0.3) is 0 Å². The number of rotatable bonds is 5. The molecule has 1 fully saturated rings. The molecule has 2 rings (SSSR count). The van der Waals surface area contributed by atoms with Gasteiger partial charge in [-0.25, -0.2) is 0 Å². The van der Waals surface area contributed by atoms with Gasteiger partial charge in [0.2, 0.25) is 0 Å². The standard InChI is InChI=1S/C13H17ClN2O3/c14-12-4-3-10(6-13(12)16(17)18)7-15-8-11-2-1-5-19-9-11/h3-4,6,11,15H,1-2,5,7-9H2. The van der Waals surface area contributed by atoms with Crippen LogP contribution in [0.1, 0.15) is 18.4 Å². The highest BCUT2D eigenvalue weighted by Crippen LogP contribution is 2.25. The average Bonchev–Trinajstić information content (AvgIpc) is 2.41. The molecule has 1 atom stereocenters. The van der Waals surface area contributed by atoms with Crippen LogP contribution in [0.3, 0.4) is 0 Å². The molecule has 1 N–H and O–H groups in total. The minimum absolute atomic E-state index is 0.0398. The van der Waals surface area contributed by atoms with Gasteiger partial charge in [0.15, 0.2) is 0 Å². The molecule has 0 bridgehead atoms. The number of hydrogen-bond donors (Lipinski definition) is 1. The van der Waals surface area contributed by atoms with Gasteiger partial charge in [-0.3, -0.25) is 10.1 Å². The first-order valence-electron chi connectivity index (χ1n) is 6.38. The molecular formula is C13H17ClN2O3. The number of ether oxygens (including phenoxy) is 1. The van der Waals surface area contributed by atoms with E-state index in [0.717, 1.165) is 31.7 Å². The van der Waals surface area contributed by atoms with Gasteiger partial charge in [-0.15, -0.1) is 0 Å². The fourth-order valence-corrected chi connectivity index (χ4v) is 2.38. The zero-order valence-electron chi connectivity index (χ0n) is 10.6. The molecule has 1 aromatic rings. The molecule has 1 heterocycles. The van der Waals surface area contributed by atoms with Crippen LogP contribution in [0.4, 0.5) is 5.69 Å². The third-order valence-electron chi connectivity index (χ3n) is 3.22. The van der Waals surface area contributed by atoms with Gasteiger partial charge in [0.25, 0.3) is 5.69 Å². The van der Waals surface area contributed by atoms with Crippen molar-refractivity contribution in [1.29, 1.82) is 0 Å². The summed E-state index contributed by atoms with van der Waals surface area (Å²) in [4.78, 5) is 10.3. The van der Waals surface area contributed by atoms with Crippen LogP contribution < -0.4 is 5.32 Å². The fourth-order valence-electron chi connectivity index (χ4n) is 2.20. The molecule has 19 heavy (non-hydrogen) atoms. The summed E-state index contributed by atoms with van der Waals surface area (Å²) in [5.41, 5.74) is 0.829. The SMILES string of the molecule is O=[N+]([O-])c1cc(CNCC2CCCOC2)ccc1Cl. The molecule has 0 aliphatic carbocycles. The Kier molecular flexibility index (Phi) is 5.13. The molecule has 1 unspecified atom stereocenters. The maximum atomic E-state index is 10.8. The highest BCUT2D eigenvalue weighted by molar-refractivity contribution is 6.32. The third-order valence-corrected chi connectivity index (χ3v) is 3.54. The Morgan fingerprint density at radius 3 is 3.05 bits per heavy atom. The summed E-state index contributed by atoms with van der Waals surface area (Å²) in [6.45, 7) is 3.14. The molecule has 0 spiro atoms. The molecule has 6 heteroatoms. The van der Waals surface area contributed by atoms with Crippen LogP contribution in [0.2, 0.25) is 5.02 Å². The van der Waals surface area contributed by atoms with E-state index >= 15 is 0 Å². The van der Waals surface area contributed by atoms with Crippen molar-refractivity contribution in [3.8, 4) is 0 Å². The van der Waals surface area contributed by atoms with E-state index in [1.807, 2.05) is 0 Å². The molecule has 0 amide bonds. The van der Waals surface area contributed by atoms with Crippen LogP contribution in [0, 0.1) is 16.0 Å². The average molecular weight is 285 g/mol. The monoisotopic (exact) mass is 284 g/mol. The smallest absolute Gasteiger partial charge is 0.288 e. The number of nitro benzene ring substituents is 1.